The quantitative estimate of drug-likeness (QED) is 0.744. The van der Waals surface area contributed by atoms with E-state index in [2.05, 4.69) is 13.0 Å². The van der Waals surface area contributed by atoms with Gasteiger partial charge in [0.25, 0.3) is 0 Å². The zero-order chi connectivity index (χ0) is 10.1. The molecule has 0 aliphatic heterocycles. The normalized spacial score (nSPS) is 10.8. The summed E-state index contributed by atoms with van der Waals surface area (Å²) in [4.78, 5) is 1.19. The minimum Gasteiger partial charge on any atom is -0.492 e. The topological polar surface area (TPSA) is 9.23 Å². The average Bonchev–Trinajstić information content (AvgIpc) is 2.45. The van der Waals surface area contributed by atoms with Crippen molar-refractivity contribution in [2.75, 3.05) is 6.61 Å². The van der Waals surface area contributed by atoms with E-state index in [1.54, 1.807) is 11.3 Å². The number of aryl methyl sites for hydroxylation is 1. The van der Waals surface area contributed by atoms with E-state index in [1.165, 1.54) is 9.58 Å². The molecule has 0 aliphatic carbocycles. The van der Waals surface area contributed by atoms with Crippen molar-refractivity contribution in [3.8, 4) is 5.75 Å². The highest BCUT2D eigenvalue weighted by atomic mass is 35.5. The van der Waals surface area contributed by atoms with E-state index in [4.69, 9.17) is 16.3 Å². The van der Waals surface area contributed by atoms with E-state index < -0.39 is 0 Å². The summed E-state index contributed by atoms with van der Waals surface area (Å²) in [5, 5.41) is 1.83. The van der Waals surface area contributed by atoms with Crippen molar-refractivity contribution in [3.05, 3.63) is 28.1 Å². The summed E-state index contributed by atoms with van der Waals surface area (Å²) in [5.41, 5.74) is 0. The SMILES string of the molecule is CCOc1c(C)sc2cccc(Cl)c12. The molecule has 0 radical (unpaired) electrons. The number of hydrogen-bond acceptors (Lipinski definition) is 2. The van der Waals surface area contributed by atoms with Crippen LogP contribution in [-0.4, -0.2) is 6.61 Å². The van der Waals surface area contributed by atoms with E-state index in [1.807, 2.05) is 19.1 Å². The smallest absolute Gasteiger partial charge is 0.142 e. The first kappa shape index (κ1) is 9.81. The van der Waals surface area contributed by atoms with E-state index in [0.29, 0.717) is 6.61 Å². The van der Waals surface area contributed by atoms with Crippen molar-refractivity contribution < 1.29 is 4.74 Å². The van der Waals surface area contributed by atoms with Gasteiger partial charge in [-0.2, -0.15) is 0 Å². The Morgan fingerprint density at radius 2 is 2.21 bits per heavy atom. The zero-order valence-corrected chi connectivity index (χ0v) is 9.71. The molecule has 2 rings (SSSR count). The Hall–Kier alpha value is -0.730. The number of thiophene rings is 1. The highest BCUT2D eigenvalue weighted by Gasteiger charge is 2.12. The second-order valence-corrected chi connectivity index (χ2v) is 4.70. The fraction of sp³-hybridized carbons (Fsp3) is 0.273. The number of rotatable bonds is 2. The van der Waals surface area contributed by atoms with Crippen molar-refractivity contribution in [1.29, 1.82) is 0 Å². The van der Waals surface area contributed by atoms with E-state index in [9.17, 15) is 0 Å². The number of halogens is 1. The van der Waals surface area contributed by atoms with Crippen LogP contribution in [-0.2, 0) is 0 Å². The molecule has 0 fully saturated rings. The maximum Gasteiger partial charge on any atom is 0.142 e. The van der Waals surface area contributed by atoms with Gasteiger partial charge < -0.3 is 4.74 Å². The number of benzene rings is 1. The van der Waals surface area contributed by atoms with Gasteiger partial charge in [-0.3, -0.25) is 0 Å². The fourth-order valence-corrected chi connectivity index (χ4v) is 2.87. The van der Waals surface area contributed by atoms with Gasteiger partial charge in [-0.15, -0.1) is 11.3 Å². The van der Waals surface area contributed by atoms with Crippen LogP contribution in [0.5, 0.6) is 5.75 Å². The average molecular weight is 227 g/mol. The Morgan fingerprint density at radius 3 is 2.93 bits per heavy atom. The Morgan fingerprint density at radius 1 is 1.43 bits per heavy atom. The summed E-state index contributed by atoms with van der Waals surface area (Å²) in [6.07, 6.45) is 0. The molecule has 0 saturated heterocycles. The van der Waals surface area contributed by atoms with Crippen LogP contribution < -0.4 is 4.74 Å². The van der Waals surface area contributed by atoms with Crippen LogP contribution in [0.25, 0.3) is 10.1 Å². The Balaban J connectivity index is 2.73. The van der Waals surface area contributed by atoms with Crippen molar-refractivity contribution in [3.63, 3.8) is 0 Å². The Labute approximate surface area is 92.3 Å². The molecule has 14 heavy (non-hydrogen) atoms. The van der Waals surface area contributed by atoms with Crippen LogP contribution in [0.15, 0.2) is 18.2 Å². The van der Waals surface area contributed by atoms with Crippen molar-refractivity contribution in [2.24, 2.45) is 0 Å². The third-order valence-corrected chi connectivity index (χ3v) is 3.44. The zero-order valence-electron chi connectivity index (χ0n) is 8.13. The molecular formula is C11H11ClOS. The van der Waals surface area contributed by atoms with Crippen LogP contribution in [0.2, 0.25) is 5.02 Å². The van der Waals surface area contributed by atoms with Gasteiger partial charge in [-0.25, -0.2) is 0 Å². The summed E-state index contributed by atoms with van der Waals surface area (Å²) in [6.45, 7) is 4.73. The number of fused-ring (bicyclic) bond motifs is 1. The molecule has 0 atom stereocenters. The Bertz CT molecular complexity index is 462. The van der Waals surface area contributed by atoms with Crippen LogP contribution >= 0.6 is 22.9 Å². The predicted molar refractivity (Wildman–Crippen MR) is 62.7 cm³/mol. The molecule has 0 aliphatic rings. The third-order valence-electron chi connectivity index (χ3n) is 2.07. The van der Waals surface area contributed by atoms with E-state index in [-0.39, 0.29) is 0 Å². The summed E-state index contributed by atoms with van der Waals surface area (Å²) in [6, 6.07) is 5.94. The standard InChI is InChI=1S/C11H11ClOS/c1-3-13-11-7(2)14-9-6-4-5-8(12)10(9)11/h4-6H,3H2,1-2H3. The predicted octanol–water partition coefficient (Wildman–Crippen LogP) is 4.26. The maximum absolute atomic E-state index is 6.14. The number of ether oxygens (including phenoxy) is 1. The largest absolute Gasteiger partial charge is 0.492 e. The van der Waals surface area contributed by atoms with Crippen molar-refractivity contribution in [1.82, 2.24) is 0 Å². The van der Waals surface area contributed by atoms with Gasteiger partial charge in [-0.1, -0.05) is 17.7 Å². The molecule has 0 saturated carbocycles. The van der Waals surface area contributed by atoms with E-state index >= 15 is 0 Å². The summed E-state index contributed by atoms with van der Waals surface area (Å²) in [5.74, 6) is 0.943. The van der Waals surface area contributed by atoms with Crippen molar-refractivity contribution in [2.45, 2.75) is 13.8 Å². The minimum absolute atomic E-state index is 0.678. The second kappa shape index (κ2) is 3.79. The molecular weight excluding hydrogens is 216 g/mol. The minimum atomic E-state index is 0.678. The molecule has 74 valence electrons. The van der Waals surface area contributed by atoms with Gasteiger partial charge >= 0.3 is 0 Å². The highest BCUT2D eigenvalue weighted by molar-refractivity contribution is 7.19. The van der Waals surface area contributed by atoms with E-state index in [0.717, 1.165) is 16.2 Å². The van der Waals surface area contributed by atoms with Crippen LogP contribution in [0.4, 0.5) is 0 Å². The van der Waals surface area contributed by atoms with Crippen LogP contribution in [0.1, 0.15) is 11.8 Å². The lowest BCUT2D eigenvalue weighted by atomic mass is 10.2. The van der Waals surface area contributed by atoms with Gasteiger partial charge in [0.2, 0.25) is 0 Å². The molecule has 1 aromatic carbocycles. The molecule has 1 nitrogen and oxygen atoms in total. The molecule has 0 unspecified atom stereocenters. The van der Waals surface area contributed by atoms with Gasteiger partial charge in [0, 0.05) is 9.58 Å². The summed E-state index contributed by atoms with van der Waals surface area (Å²) in [7, 11) is 0. The molecule has 3 heteroatoms. The molecule has 0 bridgehead atoms. The monoisotopic (exact) mass is 226 g/mol. The lowest BCUT2D eigenvalue weighted by Gasteiger charge is -2.03. The first-order valence-corrected chi connectivity index (χ1v) is 5.74. The van der Waals surface area contributed by atoms with Crippen LogP contribution in [0, 0.1) is 6.92 Å². The Kier molecular flexibility index (Phi) is 2.66. The third kappa shape index (κ3) is 1.49. The molecule has 0 spiro atoms. The lowest BCUT2D eigenvalue weighted by molar-refractivity contribution is 0.343. The molecule has 1 heterocycles. The first-order valence-electron chi connectivity index (χ1n) is 4.54. The first-order chi connectivity index (χ1) is 6.74. The van der Waals surface area contributed by atoms with Gasteiger partial charge in [0.1, 0.15) is 5.75 Å². The number of hydrogen-bond donors (Lipinski definition) is 0. The maximum atomic E-state index is 6.14. The van der Waals surface area contributed by atoms with Gasteiger partial charge in [-0.05, 0) is 26.0 Å². The summed E-state index contributed by atoms with van der Waals surface area (Å²) >= 11 is 7.86. The fourth-order valence-electron chi connectivity index (χ4n) is 1.52. The summed E-state index contributed by atoms with van der Waals surface area (Å²) < 4.78 is 6.79. The van der Waals surface area contributed by atoms with Crippen LogP contribution in [0.3, 0.4) is 0 Å². The highest BCUT2D eigenvalue weighted by Crippen LogP contribution is 2.40. The van der Waals surface area contributed by atoms with Gasteiger partial charge in [0.15, 0.2) is 0 Å². The molecule has 2 aromatic rings. The van der Waals surface area contributed by atoms with Crippen molar-refractivity contribution >= 4 is 33.0 Å². The molecule has 0 amide bonds. The molecule has 0 N–H and O–H groups in total. The lowest BCUT2D eigenvalue weighted by Crippen LogP contribution is -1.91. The second-order valence-electron chi connectivity index (χ2n) is 3.03. The van der Waals surface area contributed by atoms with Gasteiger partial charge in [0.05, 0.1) is 17.0 Å². The molecule has 1 aromatic heterocycles.